The minimum absolute atomic E-state index is 0.0125. The van der Waals surface area contributed by atoms with Crippen LogP contribution in [-0.2, 0) is 23.3 Å². The van der Waals surface area contributed by atoms with Crippen molar-refractivity contribution in [3.05, 3.63) is 98.1 Å². The lowest BCUT2D eigenvalue weighted by Crippen LogP contribution is -2.34. The highest BCUT2D eigenvalue weighted by atomic mass is 35.5. The highest BCUT2D eigenvalue weighted by molar-refractivity contribution is 7.84. The van der Waals surface area contributed by atoms with E-state index in [2.05, 4.69) is 10.1 Å². The maximum atomic E-state index is 15.6. The molecule has 0 radical (unpaired) electrons. The lowest BCUT2D eigenvalue weighted by Gasteiger charge is -2.16. The zero-order valence-electron chi connectivity index (χ0n) is 21.8. The molecule has 0 saturated heterocycles. The number of aromatic nitrogens is 3. The quantitative estimate of drug-likeness (QED) is 0.254. The Kier molecular flexibility index (Phi) is 9.69. The molecule has 2 aromatic heterocycles. The lowest BCUT2D eigenvalue weighted by molar-refractivity contribution is -0.384. The molecule has 40 heavy (non-hydrogen) atoms. The fraction of sp³-hybridized carbons (Fsp3) is 0.269. The smallest absolute Gasteiger partial charge is 0.324 e. The second-order valence-corrected chi connectivity index (χ2v) is 10.5. The molecule has 214 valence electrons. The van der Waals surface area contributed by atoms with Gasteiger partial charge in [0, 0.05) is 29.8 Å². The predicted molar refractivity (Wildman–Crippen MR) is 145 cm³/mol. The van der Waals surface area contributed by atoms with Crippen molar-refractivity contribution in [2.45, 2.75) is 44.1 Å². The van der Waals surface area contributed by atoms with Crippen LogP contribution in [0.15, 0.2) is 63.1 Å². The zero-order valence-corrected chi connectivity index (χ0v) is 23.3. The Morgan fingerprint density at radius 1 is 1.27 bits per heavy atom. The first kappa shape index (κ1) is 31.2. The summed E-state index contributed by atoms with van der Waals surface area (Å²) in [5.74, 6) is -3.74. The first-order valence-electron chi connectivity index (χ1n) is 11.7. The van der Waals surface area contributed by atoms with Gasteiger partial charge in [-0.1, -0.05) is 30.7 Å². The van der Waals surface area contributed by atoms with E-state index in [0.717, 1.165) is 16.8 Å². The molecule has 2 atom stereocenters. The molecule has 3 N–H and O–H groups in total. The standard InChI is InChI=1S/C26H26ClF3N4O5S/c1-5-9-31-24(17-7-6-8-20(23(17)30)40(4)39)19(28)13-33-15(3)11-18(22(27)25(33)35)14(2)10-16-12-21(29)34(32-16)26(36,37)38/h5-9,11-14,36-38H,10H2,1-4H3/b9-5+,19-13-,31-24+. The highest BCUT2D eigenvalue weighted by Crippen LogP contribution is 2.27. The average Bonchev–Trinajstić information content (AvgIpc) is 3.25. The maximum absolute atomic E-state index is 15.6. The van der Waals surface area contributed by atoms with Crippen LogP contribution < -0.4 is 5.56 Å². The van der Waals surface area contributed by atoms with Gasteiger partial charge in [0.1, 0.15) is 16.6 Å². The van der Waals surface area contributed by atoms with Crippen LogP contribution in [-0.4, -0.2) is 45.8 Å². The van der Waals surface area contributed by atoms with E-state index in [1.807, 2.05) is 0 Å². The van der Waals surface area contributed by atoms with Crippen molar-refractivity contribution in [1.29, 1.82) is 0 Å². The third kappa shape index (κ3) is 6.67. The molecular weight excluding hydrogens is 573 g/mol. The van der Waals surface area contributed by atoms with Crippen LogP contribution in [0.3, 0.4) is 0 Å². The third-order valence-electron chi connectivity index (χ3n) is 5.80. The summed E-state index contributed by atoms with van der Waals surface area (Å²) in [5.41, 5.74) is -0.905. The molecule has 0 aliphatic heterocycles. The molecule has 0 aliphatic carbocycles. The normalized spacial score (nSPS) is 14.7. The molecule has 9 nitrogen and oxygen atoms in total. The molecule has 0 aliphatic rings. The van der Waals surface area contributed by atoms with E-state index in [1.165, 1.54) is 49.7 Å². The zero-order chi connectivity index (χ0) is 29.9. The topological polar surface area (TPSA) is 130 Å². The van der Waals surface area contributed by atoms with Crippen LogP contribution in [0, 0.1) is 18.7 Å². The number of aliphatic hydroxyl groups is 3. The number of nitrogens with zero attached hydrogens (tertiary/aromatic N) is 4. The summed E-state index contributed by atoms with van der Waals surface area (Å²) in [4.78, 5) is 17.0. The van der Waals surface area contributed by atoms with Gasteiger partial charge in [0.25, 0.3) is 5.56 Å². The molecule has 14 heteroatoms. The van der Waals surface area contributed by atoms with Crippen molar-refractivity contribution in [2.75, 3.05) is 6.26 Å². The predicted octanol–water partition coefficient (Wildman–Crippen LogP) is 3.70. The van der Waals surface area contributed by atoms with Crippen molar-refractivity contribution in [3.8, 4) is 0 Å². The Hall–Kier alpha value is -3.36. The SMILES string of the molecule is C/C=C/N=C(/C(F)=C/n1c(C)cc(C(C)Cc2cc(F)n(C(O)(O)O)n2)c(Cl)c1=O)c1cccc(S(C)=O)c1F. The number of rotatable bonds is 9. The Morgan fingerprint density at radius 2 is 1.95 bits per heavy atom. The number of pyridine rings is 1. The molecular formula is C26H26ClF3N4O5S. The third-order valence-corrected chi connectivity index (χ3v) is 7.12. The molecule has 0 bridgehead atoms. The summed E-state index contributed by atoms with van der Waals surface area (Å²) >= 11 is 6.35. The summed E-state index contributed by atoms with van der Waals surface area (Å²) in [7, 11) is -1.69. The molecule has 2 unspecified atom stereocenters. The van der Waals surface area contributed by atoms with Gasteiger partial charge in [0.05, 0.1) is 27.6 Å². The van der Waals surface area contributed by atoms with Crippen molar-refractivity contribution in [2.24, 2.45) is 4.99 Å². The van der Waals surface area contributed by atoms with E-state index < -0.39 is 51.7 Å². The van der Waals surface area contributed by atoms with Gasteiger partial charge in [0.2, 0.25) is 5.95 Å². The molecule has 3 rings (SSSR count). The summed E-state index contributed by atoms with van der Waals surface area (Å²) in [5, 5.41) is 30.9. The van der Waals surface area contributed by atoms with Crippen LogP contribution in [0.25, 0.3) is 6.20 Å². The summed E-state index contributed by atoms with van der Waals surface area (Å²) in [6.45, 7) is 4.78. The number of benzene rings is 1. The minimum Gasteiger partial charge on any atom is -0.324 e. The van der Waals surface area contributed by atoms with E-state index in [-0.39, 0.29) is 38.0 Å². The number of allylic oxidation sites excluding steroid dienone is 2. The van der Waals surface area contributed by atoms with Crippen molar-refractivity contribution in [3.63, 3.8) is 0 Å². The van der Waals surface area contributed by atoms with Gasteiger partial charge in [-0.25, -0.2) is 8.78 Å². The lowest BCUT2D eigenvalue weighted by atomic mass is 9.96. The van der Waals surface area contributed by atoms with E-state index in [9.17, 15) is 28.7 Å². The largest absolute Gasteiger partial charge is 0.391 e. The first-order chi connectivity index (χ1) is 18.7. The summed E-state index contributed by atoms with van der Waals surface area (Å²) in [6.07, 6.45) is 1.28. The van der Waals surface area contributed by atoms with Gasteiger partial charge in [-0.15, -0.1) is 0 Å². The molecule has 1 aromatic carbocycles. The molecule has 0 spiro atoms. The van der Waals surface area contributed by atoms with E-state index in [0.29, 0.717) is 5.56 Å². The highest BCUT2D eigenvalue weighted by Gasteiger charge is 2.28. The Bertz CT molecular complexity index is 1610. The van der Waals surface area contributed by atoms with E-state index in [4.69, 9.17) is 11.6 Å². The summed E-state index contributed by atoms with van der Waals surface area (Å²) < 4.78 is 57.4. The molecule has 0 fully saturated rings. The van der Waals surface area contributed by atoms with Gasteiger partial charge in [-0.2, -0.15) is 14.2 Å². The number of aryl methyl sites for hydroxylation is 1. The molecule has 0 amide bonds. The Labute approximate surface area is 234 Å². The Balaban J connectivity index is 2.04. The van der Waals surface area contributed by atoms with Gasteiger partial charge in [0.15, 0.2) is 5.83 Å². The molecule has 0 saturated carbocycles. The summed E-state index contributed by atoms with van der Waals surface area (Å²) in [6, 6.07) is 6.37. The maximum Gasteiger partial charge on any atom is 0.391 e. The van der Waals surface area contributed by atoms with Crippen LogP contribution in [0.5, 0.6) is 0 Å². The number of hydrogen-bond acceptors (Lipinski definition) is 7. The van der Waals surface area contributed by atoms with Gasteiger partial charge in [-0.3, -0.25) is 18.6 Å². The molecule has 3 aromatic rings. The average molecular weight is 599 g/mol. The molecule has 2 heterocycles. The monoisotopic (exact) mass is 598 g/mol. The van der Waals surface area contributed by atoms with Crippen LogP contribution >= 0.6 is 11.6 Å². The van der Waals surface area contributed by atoms with Gasteiger partial charge in [-0.05, 0) is 49.9 Å². The fourth-order valence-corrected chi connectivity index (χ4v) is 4.87. The van der Waals surface area contributed by atoms with Crippen LogP contribution in [0.4, 0.5) is 13.2 Å². The van der Waals surface area contributed by atoms with E-state index >= 15 is 8.78 Å². The van der Waals surface area contributed by atoms with Crippen molar-refractivity contribution in [1.82, 2.24) is 14.3 Å². The van der Waals surface area contributed by atoms with Gasteiger partial charge >= 0.3 is 6.10 Å². The minimum atomic E-state index is -3.54. The number of halogens is 4. The van der Waals surface area contributed by atoms with E-state index in [1.54, 1.807) is 13.8 Å². The number of hydrogen-bond donors (Lipinski definition) is 3. The van der Waals surface area contributed by atoms with Crippen LogP contribution in [0.1, 0.15) is 42.3 Å². The van der Waals surface area contributed by atoms with Crippen molar-refractivity contribution < 1.29 is 32.7 Å². The van der Waals surface area contributed by atoms with Crippen LogP contribution in [0.2, 0.25) is 5.02 Å². The fourth-order valence-electron chi connectivity index (χ4n) is 3.90. The van der Waals surface area contributed by atoms with Gasteiger partial charge < -0.3 is 15.3 Å². The second kappa shape index (κ2) is 12.4. The second-order valence-electron chi connectivity index (χ2n) is 8.81. The number of aliphatic imine (C=N–C) groups is 1. The first-order valence-corrected chi connectivity index (χ1v) is 13.6. The Morgan fingerprint density at radius 3 is 2.52 bits per heavy atom. The van der Waals surface area contributed by atoms with Crippen molar-refractivity contribution >= 4 is 34.3 Å².